The van der Waals surface area contributed by atoms with E-state index in [2.05, 4.69) is 65.9 Å². The van der Waals surface area contributed by atoms with E-state index in [0.29, 0.717) is 5.92 Å². The lowest BCUT2D eigenvalue weighted by Gasteiger charge is -2.24. The molecule has 2 heterocycles. The van der Waals surface area contributed by atoms with Crippen molar-refractivity contribution in [3.8, 4) is 0 Å². The van der Waals surface area contributed by atoms with Gasteiger partial charge >= 0.3 is 0 Å². The smallest absolute Gasteiger partial charge is 0.151 e. The highest BCUT2D eigenvalue weighted by atomic mass is 32.2. The van der Waals surface area contributed by atoms with Gasteiger partial charge in [-0.1, -0.05) is 26.0 Å². The fourth-order valence-corrected chi connectivity index (χ4v) is 3.88. The number of likely N-dealkylation sites (N-methyl/N-ethyl adjacent to an activating group) is 2. The maximum absolute atomic E-state index is 11.4. The van der Waals surface area contributed by atoms with Gasteiger partial charge in [0, 0.05) is 44.0 Å². The first kappa shape index (κ1) is 23.3. The van der Waals surface area contributed by atoms with Crippen LogP contribution < -0.4 is 4.90 Å². The largest absolute Gasteiger partial charge is 0.358 e. The Balaban J connectivity index is 1.78. The van der Waals surface area contributed by atoms with E-state index in [9.17, 15) is 8.42 Å². The molecule has 29 heavy (non-hydrogen) atoms. The van der Waals surface area contributed by atoms with Crippen molar-refractivity contribution >= 4 is 15.7 Å². The molecule has 0 N–H and O–H groups in total. The van der Waals surface area contributed by atoms with Gasteiger partial charge in [-0.05, 0) is 56.1 Å². The van der Waals surface area contributed by atoms with Gasteiger partial charge in [-0.2, -0.15) is 0 Å². The van der Waals surface area contributed by atoms with Gasteiger partial charge in [0.25, 0.3) is 0 Å². The van der Waals surface area contributed by atoms with E-state index < -0.39 is 9.84 Å². The van der Waals surface area contributed by atoms with Crippen LogP contribution in [-0.4, -0.2) is 63.3 Å². The van der Waals surface area contributed by atoms with Crippen LogP contribution in [0.25, 0.3) is 0 Å². The van der Waals surface area contributed by atoms with E-state index in [1.54, 1.807) is 6.20 Å². The van der Waals surface area contributed by atoms with E-state index in [4.69, 9.17) is 0 Å². The topological polar surface area (TPSA) is 66.4 Å². The Morgan fingerprint density at radius 1 is 1.07 bits per heavy atom. The molecule has 0 saturated heterocycles. The summed E-state index contributed by atoms with van der Waals surface area (Å²) in [4.78, 5) is 13.7. The maximum Gasteiger partial charge on any atom is 0.151 e. The minimum Gasteiger partial charge on any atom is -0.358 e. The highest BCUT2D eigenvalue weighted by molar-refractivity contribution is 7.89. The number of aromatic nitrogens is 2. The molecule has 2 rings (SSSR count). The van der Waals surface area contributed by atoms with E-state index in [1.807, 2.05) is 12.1 Å². The second kappa shape index (κ2) is 10.7. The average molecular weight is 419 g/mol. The molecule has 2 aromatic rings. The Kier molecular flexibility index (Phi) is 8.59. The van der Waals surface area contributed by atoms with Gasteiger partial charge in [-0.15, -0.1) is 0 Å². The zero-order valence-electron chi connectivity index (χ0n) is 18.3. The summed E-state index contributed by atoms with van der Waals surface area (Å²) in [6.45, 7) is 7.14. The van der Waals surface area contributed by atoms with Crippen LogP contribution in [0, 0.1) is 0 Å². The molecule has 0 amide bonds. The van der Waals surface area contributed by atoms with Crippen molar-refractivity contribution in [3.05, 3.63) is 53.5 Å². The summed E-state index contributed by atoms with van der Waals surface area (Å²) < 4.78 is 22.8. The Labute approximate surface area is 175 Å². The van der Waals surface area contributed by atoms with Crippen molar-refractivity contribution < 1.29 is 8.42 Å². The SMILES string of the molecule is CCc1cccc(N(C)CCN(C)CCC(C)c2ccc(CS(C)(=O)=O)cn2)n1. The first-order chi connectivity index (χ1) is 13.7. The van der Waals surface area contributed by atoms with Gasteiger partial charge in [0.2, 0.25) is 0 Å². The van der Waals surface area contributed by atoms with Crippen LogP contribution in [0.3, 0.4) is 0 Å². The van der Waals surface area contributed by atoms with E-state index in [1.165, 1.54) is 6.26 Å². The summed E-state index contributed by atoms with van der Waals surface area (Å²) in [6.07, 6.45) is 4.88. The number of aryl methyl sites for hydroxylation is 1. The number of sulfone groups is 1. The lowest BCUT2D eigenvalue weighted by molar-refractivity contribution is 0.326. The lowest BCUT2D eigenvalue weighted by Crippen LogP contribution is -2.32. The molecule has 0 bridgehead atoms. The molecule has 2 aromatic heterocycles. The lowest BCUT2D eigenvalue weighted by atomic mass is 10.0. The van der Waals surface area contributed by atoms with Crippen LogP contribution in [0.1, 0.15) is 43.1 Å². The number of pyridine rings is 2. The molecular weight excluding hydrogens is 384 g/mol. The van der Waals surface area contributed by atoms with Crippen LogP contribution in [0.4, 0.5) is 5.82 Å². The van der Waals surface area contributed by atoms with Gasteiger partial charge in [-0.3, -0.25) is 4.98 Å². The Morgan fingerprint density at radius 3 is 2.45 bits per heavy atom. The third-order valence-electron chi connectivity index (χ3n) is 5.09. The van der Waals surface area contributed by atoms with Crippen molar-refractivity contribution in [2.24, 2.45) is 0 Å². The molecule has 6 nitrogen and oxygen atoms in total. The van der Waals surface area contributed by atoms with Crippen molar-refractivity contribution in [2.75, 3.05) is 44.9 Å². The molecule has 0 aliphatic carbocycles. The van der Waals surface area contributed by atoms with E-state index >= 15 is 0 Å². The molecule has 1 unspecified atom stereocenters. The van der Waals surface area contributed by atoms with Crippen molar-refractivity contribution in [1.29, 1.82) is 0 Å². The summed E-state index contributed by atoms with van der Waals surface area (Å²) >= 11 is 0. The predicted octanol–water partition coefficient (Wildman–Crippen LogP) is 3.15. The number of nitrogens with zero attached hydrogens (tertiary/aromatic N) is 4. The van der Waals surface area contributed by atoms with Crippen LogP contribution in [0.5, 0.6) is 0 Å². The van der Waals surface area contributed by atoms with Gasteiger partial charge < -0.3 is 9.80 Å². The summed E-state index contributed by atoms with van der Waals surface area (Å²) in [6, 6.07) is 10.0. The van der Waals surface area contributed by atoms with Gasteiger partial charge in [-0.25, -0.2) is 13.4 Å². The Bertz CT molecular complexity index is 869. The molecule has 0 radical (unpaired) electrons. The predicted molar refractivity (Wildman–Crippen MR) is 120 cm³/mol. The number of hydrogen-bond acceptors (Lipinski definition) is 6. The monoisotopic (exact) mass is 418 g/mol. The van der Waals surface area contributed by atoms with Crippen LogP contribution in [0.15, 0.2) is 36.5 Å². The maximum atomic E-state index is 11.4. The Hall–Kier alpha value is -1.99. The number of rotatable bonds is 11. The average Bonchev–Trinajstić information content (AvgIpc) is 2.69. The molecule has 0 aliphatic heterocycles. The molecule has 0 aromatic carbocycles. The molecule has 0 fully saturated rings. The zero-order valence-corrected chi connectivity index (χ0v) is 19.1. The molecule has 0 spiro atoms. The molecular formula is C22H34N4O2S. The van der Waals surface area contributed by atoms with Crippen molar-refractivity contribution in [3.63, 3.8) is 0 Å². The Morgan fingerprint density at radius 2 is 1.83 bits per heavy atom. The summed E-state index contributed by atoms with van der Waals surface area (Å²) in [5.41, 5.74) is 2.87. The van der Waals surface area contributed by atoms with Crippen LogP contribution in [0.2, 0.25) is 0 Å². The molecule has 0 aliphatic rings. The first-order valence-electron chi connectivity index (χ1n) is 10.2. The van der Waals surface area contributed by atoms with E-state index in [-0.39, 0.29) is 5.75 Å². The highest BCUT2D eigenvalue weighted by Gasteiger charge is 2.11. The van der Waals surface area contributed by atoms with Crippen molar-refractivity contribution in [2.45, 2.75) is 38.4 Å². The third-order valence-corrected chi connectivity index (χ3v) is 5.95. The normalized spacial score (nSPS) is 12.9. The zero-order chi connectivity index (χ0) is 21.4. The second-order valence-electron chi connectivity index (χ2n) is 7.92. The molecule has 7 heteroatoms. The summed E-state index contributed by atoms with van der Waals surface area (Å²) in [7, 11) is 1.20. The molecule has 160 valence electrons. The fourth-order valence-electron chi connectivity index (χ4n) is 3.10. The summed E-state index contributed by atoms with van der Waals surface area (Å²) in [5.74, 6) is 1.39. The summed E-state index contributed by atoms with van der Waals surface area (Å²) in [5, 5.41) is 0. The highest BCUT2D eigenvalue weighted by Crippen LogP contribution is 2.18. The van der Waals surface area contributed by atoms with Crippen molar-refractivity contribution in [1.82, 2.24) is 14.9 Å². The van der Waals surface area contributed by atoms with Gasteiger partial charge in [0.15, 0.2) is 9.84 Å². The fraction of sp³-hybridized carbons (Fsp3) is 0.545. The molecule has 0 saturated carbocycles. The minimum absolute atomic E-state index is 0.0426. The quantitative estimate of drug-likeness (QED) is 0.558. The van der Waals surface area contributed by atoms with Crippen LogP contribution >= 0.6 is 0 Å². The van der Waals surface area contributed by atoms with Crippen LogP contribution in [-0.2, 0) is 22.0 Å². The molecule has 1 atom stereocenters. The van der Waals surface area contributed by atoms with Gasteiger partial charge in [0.1, 0.15) is 5.82 Å². The minimum atomic E-state index is -3.02. The number of anilines is 1. The standard InChI is InChI=1S/C22H34N4O2S/c1-6-20-8-7-9-22(24-20)26(4)15-14-25(3)13-12-18(2)21-11-10-19(16-23-21)17-29(5,27)28/h7-11,16,18H,6,12-15,17H2,1-5H3. The first-order valence-corrected chi connectivity index (χ1v) is 12.2. The van der Waals surface area contributed by atoms with Gasteiger partial charge in [0.05, 0.1) is 5.75 Å². The second-order valence-corrected chi connectivity index (χ2v) is 10.1. The van der Waals surface area contributed by atoms with E-state index in [0.717, 1.165) is 55.2 Å². The number of hydrogen-bond donors (Lipinski definition) is 0. The third kappa shape index (κ3) is 8.11.